The lowest BCUT2D eigenvalue weighted by atomic mass is 9.93. The molecule has 4 heteroatoms. The van der Waals surface area contributed by atoms with E-state index in [-0.39, 0.29) is 17.6 Å². The van der Waals surface area contributed by atoms with Crippen LogP contribution in [0.4, 0.5) is 8.78 Å². The quantitative estimate of drug-likeness (QED) is 0.879. The molecule has 1 aliphatic heterocycles. The van der Waals surface area contributed by atoms with E-state index in [2.05, 4.69) is 11.8 Å². The summed E-state index contributed by atoms with van der Waals surface area (Å²) in [6, 6.07) is 3.82. The molecule has 1 aromatic carbocycles. The van der Waals surface area contributed by atoms with E-state index in [1.54, 1.807) is 0 Å². The number of hydrogen-bond donors (Lipinski definition) is 1. The van der Waals surface area contributed by atoms with Crippen molar-refractivity contribution in [2.45, 2.75) is 32.4 Å². The van der Waals surface area contributed by atoms with Crippen molar-refractivity contribution in [1.29, 1.82) is 0 Å². The Morgan fingerprint density at radius 3 is 2.44 bits per heavy atom. The average molecular weight is 254 g/mol. The minimum Gasteiger partial charge on any atom is -0.327 e. The second-order valence-electron chi connectivity index (χ2n) is 5.37. The lowest BCUT2D eigenvalue weighted by molar-refractivity contribution is 0.120. The van der Waals surface area contributed by atoms with E-state index in [0.717, 1.165) is 13.0 Å². The molecule has 100 valence electrons. The first-order valence-electron chi connectivity index (χ1n) is 6.42. The fourth-order valence-electron chi connectivity index (χ4n) is 2.85. The highest BCUT2D eigenvalue weighted by Crippen LogP contribution is 2.29. The molecule has 0 aromatic heterocycles. The number of hydrogen-bond acceptors (Lipinski definition) is 2. The third kappa shape index (κ3) is 2.70. The van der Waals surface area contributed by atoms with Gasteiger partial charge in [0.25, 0.3) is 0 Å². The molecule has 3 unspecified atom stereocenters. The van der Waals surface area contributed by atoms with Crippen LogP contribution in [0, 0.1) is 17.6 Å². The van der Waals surface area contributed by atoms with Gasteiger partial charge in [-0.2, -0.15) is 0 Å². The molecule has 0 spiro atoms. The van der Waals surface area contributed by atoms with Crippen LogP contribution in [0.5, 0.6) is 0 Å². The lowest BCUT2D eigenvalue weighted by Crippen LogP contribution is -2.47. The van der Waals surface area contributed by atoms with E-state index < -0.39 is 11.6 Å². The van der Waals surface area contributed by atoms with Gasteiger partial charge in [-0.25, -0.2) is 8.78 Å². The summed E-state index contributed by atoms with van der Waals surface area (Å²) in [5.41, 5.74) is 6.13. The molecule has 18 heavy (non-hydrogen) atoms. The molecular weight excluding hydrogens is 234 g/mol. The molecular formula is C14H20F2N2. The molecule has 0 radical (unpaired) electrons. The summed E-state index contributed by atoms with van der Waals surface area (Å²) in [4.78, 5) is 2.07. The summed E-state index contributed by atoms with van der Waals surface area (Å²) >= 11 is 0. The molecule has 1 heterocycles. The summed E-state index contributed by atoms with van der Waals surface area (Å²) < 4.78 is 27.5. The fourth-order valence-corrected chi connectivity index (χ4v) is 2.85. The molecule has 2 rings (SSSR count). The average Bonchev–Trinajstić information content (AvgIpc) is 2.27. The van der Waals surface area contributed by atoms with Gasteiger partial charge in [-0.15, -0.1) is 0 Å². The van der Waals surface area contributed by atoms with Crippen LogP contribution in [0.2, 0.25) is 0 Å². The molecule has 1 aromatic rings. The third-order valence-electron chi connectivity index (χ3n) is 3.69. The van der Waals surface area contributed by atoms with Gasteiger partial charge in [0.15, 0.2) is 0 Å². The first kappa shape index (κ1) is 13.4. The predicted octanol–water partition coefficient (Wildman–Crippen LogP) is 2.69. The predicted molar refractivity (Wildman–Crippen MR) is 68.1 cm³/mol. The van der Waals surface area contributed by atoms with Crippen LogP contribution in [0.15, 0.2) is 18.2 Å². The summed E-state index contributed by atoms with van der Waals surface area (Å²) in [5.74, 6) is -0.491. The van der Waals surface area contributed by atoms with Crippen LogP contribution >= 0.6 is 0 Å². The maximum atomic E-state index is 13.8. The number of likely N-dealkylation sites (tertiary alicyclic amines) is 1. The molecule has 0 bridgehead atoms. The van der Waals surface area contributed by atoms with E-state index in [4.69, 9.17) is 5.73 Å². The van der Waals surface area contributed by atoms with Crippen LogP contribution in [0.1, 0.15) is 31.9 Å². The van der Waals surface area contributed by atoms with Gasteiger partial charge in [0.1, 0.15) is 11.6 Å². The maximum absolute atomic E-state index is 13.8. The Hall–Kier alpha value is -1.00. The third-order valence-corrected chi connectivity index (χ3v) is 3.69. The van der Waals surface area contributed by atoms with Crippen molar-refractivity contribution >= 4 is 0 Å². The van der Waals surface area contributed by atoms with E-state index >= 15 is 0 Å². The fraction of sp³-hybridized carbons (Fsp3) is 0.571. The van der Waals surface area contributed by atoms with Crippen LogP contribution in [0.3, 0.4) is 0 Å². The number of nitrogens with zero attached hydrogens (tertiary/aromatic N) is 1. The minimum atomic E-state index is -0.478. The van der Waals surface area contributed by atoms with E-state index in [1.165, 1.54) is 18.2 Å². The number of benzene rings is 1. The van der Waals surface area contributed by atoms with Crippen LogP contribution in [0.25, 0.3) is 0 Å². The Morgan fingerprint density at radius 2 is 1.89 bits per heavy atom. The van der Waals surface area contributed by atoms with Crippen molar-refractivity contribution in [3.8, 4) is 0 Å². The van der Waals surface area contributed by atoms with Gasteiger partial charge in [0.05, 0.1) is 0 Å². The molecule has 2 nitrogen and oxygen atoms in total. The smallest absolute Gasteiger partial charge is 0.130 e. The van der Waals surface area contributed by atoms with Crippen molar-refractivity contribution in [2.24, 2.45) is 11.7 Å². The largest absolute Gasteiger partial charge is 0.327 e. The molecule has 1 saturated heterocycles. The Labute approximate surface area is 107 Å². The van der Waals surface area contributed by atoms with Crippen molar-refractivity contribution in [3.63, 3.8) is 0 Å². The number of piperidine rings is 1. The topological polar surface area (TPSA) is 29.3 Å². The number of halogens is 2. The lowest BCUT2D eigenvalue weighted by Gasteiger charge is -2.38. The van der Waals surface area contributed by atoms with Crippen molar-refractivity contribution in [1.82, 2.24) is 4.90 Å². The minimum absolute atomic E-state index is 0.0889. The van der Waals surface area contributed by atoms with E-state index in [0.29, 0.717) is 12.5 Å². The second-order valence-corrected chi connectivity index (χ2v) is 5.37. The van der Waals surface area contributed by atoms with Crippen molar-refractivity contribution in [2.75, 3.05) is 13.1 Å². The van der Waals surface area contributed by atoms with Crippen LogP contribution in [-0.4, -0.2) is 24.0 Å². The van der Waals surface area contributed by atoms with Crippen molar-refractivity contribution in [3.05, 3.63) is 35.4 Å². The van der Waals surface area contributed by atoms with Gasteiger partial charge < -0.3 is 5.73 Å². The van der Waals surface area contributed by atoms with Gasteiger partial charge in [-0.05, 0) is 31.4 Å². The Balaban J connectivity index is 2.22. The van der Waals surface area contributed by atoms with E-state index in [1.807, 2.05) is 6.92 Å². The van der Waals surface area contributed by atoms with Gasteiger partial charge in [0, 0.05) is 30.7 Å². The maximum Gasteiger partial charge on any atom is 0.130 e. The first-order valence-corrected chi connectivity index (χ1v) is 6.42. The second kappa shape index (κ2) is 5.33. The molecule has 2 N–H and O–H groups in total. The highest BCUT2D eigenvalue weighted by atomic mass is 19.1. The number of rotatable bonds is 2. The Bertz CT molecular complexity index is 392. The standard InChI is InChI=1S/C14H20F2N2/c1-9-6-11(17)8-18(7-9)10(2)14-12(15)4-3-5-13(14)16/h3-5,9-11H,6-8,17H2,1-2H3. The molecule has 0 aliphatic carbocycles. The van der Waals surface area contributed by atoms with Crippen LogP contribution in [-0.2, 0) is 0 Å². The summed E-state index contributed by atoms with van der Waals surface area (Å²) in [6.45, 7) is 5.49. The van der Waals surface area contributed by atoms with Gasteiger partial charge in [-0.1, -0.05) is 13.0 Å². The monoisotopic (exact) mass is 254 g/mol. The number of nitrogens with two attached hydrogens (primary N) is 1. The SMILES string of the molecule is CC1CC(N)CN(C(C)c2c(F)cccc2F)C1. The molecule has 1 fully saturated rings. The molecule has 1 aliphatic rings. The Kier molecular flexibility index (Phi) is 3.97. The zero-order valence-corrected chi connectivity index (χ0v) is 10.9. The highest BCUT2D eigenvalue weighted by molar-refractivity contribution is 5.23. The van der Waals surface area contributed by atoms with E-state index in [9.17, 15) is 8.78 Å². The molecule has 3 atom stereocenters. The molecule has 0 saturated carbocycles. The van der Waals surface area contributed by atoms with Gasteiger partial charge in [0.2, 0.25) is 0 Å². The zero-order chi connectivity index (χ0) is 13.3. The first-order chi connectivity index (χ1) is 8.49. The summed E-state index contributed by atoms with van der Waals surface area (Å²) in [7, 11) is 0. The summed E-state index contributed by atoms with van der Waals surface area (Å²) in [5, 5.41) is 0. The van der Waals surface area contributed by atoms with Crippen molar-refractivity contribution < 1.29 is 8.78 Å². The van der Waals surface area contributed by atoms with Crippen LogP contribution < -0.4 is 5.73 Å². The Morgan fingerprint density at radius 1 is 1.28 bits per heavy atom. The zero-order valence-electron chi connectivity index (χ0n) is 10.9. The normalized spacial score (nSPS) is 27.2. The summed E-state index contributed by atoms with van der Waals surface area (Å²) in [6.07, 6.45) is 0.975. The van der Waals surface area contributed by atoms with Gasteiger partial charge in [-0.3, -0.25) is 4.90 Å². The highest BCUT2D eigenvalue weighted by Gasteiger charge is 2.28. The molecule has 0 amide bonds. The van der Waals surface area contributed by atoms with Gasteiger partial charge >= 0.3 is 0 Å².